The highest BCUT2D eigenvalue weighted by Crippen LogP contribution is 2.08. The summed E-state index contributed by atoms with van der Waals surface area (Å²) in [6.45, 7) is 14.9. The Bertz CT molecular complexity index is 669. The summed E-state index contributed by atoms with van der Waals surface area (Å²) < 4.78 is 5.91. The molecule has 7 nitrogen and oxygen atoms in total. The first-order valence-corrected chi connectivity index (χ1v) is 10.7. The van der Waals surface area contributed by atoms with Crippen LogP contribution in [0.15, 0.2) is 29.3 Å². The fourth-order valence-electron chi connectivity index (χ4n) is 3.38. The largest absolute Gasteiger partial charge is 0.374 e. The van der Waals surface area contributed by atoms with Crippen LogP contribution in [-0.4, -0.2) is 68.7 Å². The minimum absolute atomic E-state index is 0. The summed E-state index contributed by atoms with van der Waals surface area (Å²) in [4.78, 5) is 19.2. The zero-order chi connectivity index (χ0) is 21.1. The van der Waals surface area contributed by atoms with Crippen LogP contribution in [0.1, 0.15) is 43.6 Å². The predicted octanol–water partition coefficient (Wildman–Crippen LogP) is 2.47. The van der Waals surface area contributed by atoms with E-state index in [9.17, 15) is 4.79 Å². The van der Waals surface area contributed by atoms with E-state index in [0.717, 1.165) is 50.9 Å². The molecule has 1 unspecified atom stereocenters. The zero-order valence-electron chi connectivity index (χ0n) is 18.7. The molecule has 0 aromatic heterocycles. The molecule has 1 aliphatic rings. The lowest BCUT2D eigenvalue weighted by molar-refractivity contribution is -0.0284. The van der Waals surface area contributed by atoms with E-state index in [2.05, 4.69) is 39.7 Å². The number of hydrogen-bond donors (Lipinski definition) is 3. The fraction of sp³-hybridized carbons (Fsp3) is 0.636. The molecule has 1 amide bonds. The monoisotopic (exact) mass is 531 g/mol. The summed E-state index contributed by atoms with van der Waals surface area (Å²) in [6.07, 6.45) is 0.160. The van der Waals surface area contributed by atoms with Gasteiger partial charge in [-0.05, 0) is 37.5 Å². The highest BCUT2D eigenvalue weighted by atomic mass is 127. The highest BCUT2D eigenvalue weighted by molar-refractivity contribution is 14.0. The number of hydrogen-bond acceptors (Lipinski definition) is 4. The third-order valence-electron chi connectivity index (χ3n) is 4.63. The van der Waals surface area contributed by atoms with Gasteiger partial charge in [-0.3, -0.25) is 9.69 Å². The van der Waals surface area contributed by atoms with Crippen molar-refractivity contribution in [1.82, 2.24) is 20.9 Å². The Labute approximate surface area is 198 Å². The third-order valence-corrected chi connectivity index (χ3v) is 4.63. The molecule has 0 radical (unpaired) electrons. The SMILES string of the molecule is CCNC(=O)c1cccc(CN=C(NCC)NCC2CN(CC(C)C)CCO2)c1.I. The number of aliphatic imine (C=N–C) groups is 1. The second kappa shape index (κ2) is 14.6. The van der Waals surface area contributed by atoms with Gasteiger partial charge in [0.15, 0.2) is 5.96 Å². The highest BCUT2D eigenvalue weighted by Gasteiger charge is 2.21. The Morgan fingerprint density at radius 2 is 2.00 bits per heavy atom. The molecule has 30 heavy (non-hydrogen) atoms. The van der Waals surface area contributed by atoms with Gasteiger partial charge in [0.05, 0.1) is 19.3 Å². The molecule has 1 atom stereocenters. The average molecular weight is 531 g/mol. The second-order valence-corrected chi connectivity index (χ2v) is 7.78. The summed E-state index contributed by atoms with van der Waals surface area (Å²) in [5.41, 5.74) is 1.67. The number of halogens is 1. The van der Waals surface area contributed by atoms with E-state index in [-0.39, 0.29) is 36.0 Å². The fourth-order valence-corrected chi connectivity index (χ4v) is 3.38. The predicted molar refractivity (Wildman–Crippen MR) is 134 cm³/mol. The number of carbonyl (C=O) groups is 1. The van der Waals surface area contributed by atoms with E-state index in [4.69, 9.17) is 4.74 Å². The van der Waals surface area contributed by atoms with Gasteiger partial charge in [-0.2, -0.15) is 0 Å². The zero-order valence-corrected chi connectivity index (χ0v) is 21.1. The standard InChI is InChI=1S/C22H37N5O2.HI/c1-5-23-21(28)19-9-7-8-18(12-19)13-25-22(24-6-2)26-14-20-16-27(10-11-29-20)15-17(3)4;/h7-9,12,17,20H,5-6,10-11,13-16H2,1-4H3,(H,23,28)(H2,24,25,26);1H. The van der Waals surface area contributed by atoms with Gasteiger partial charge in [0.1, 0.15) is 0 Å². The molecular weight excluding hydrogens is 493 g/mol. The van der Waals surface area contributed by atoms with Gasteiger partial charge in [0.2, 0.25) is 0 Å². The first-order chi connectivity index (χ1) is 14.0. The van der Waals surface area contributed by atoms with E-state index in [0.29, 0.717) is 24.6 Å². The van der Waals surface area contributed by atoms with Crippen LogP contribution in [0.5, 0.6) is 0 Å². The second-order valence-electron chi connectivity index (χ2n) is 7.78. The Morgan fingerprint density at radius 1 is 1.23 bits per heavy atom. The normalized spacial score (nSPS) is 17.4. The van der Waals surface area contributed by atoms with Gasteiger partial charge in [-0.15, -0.1) is 24.0 Å². The minimum Gasteiger partial charge on any atom is -0.374 e. The Morgan fingerprint density at radius 3 is 2.70 bits per heavy atom. The molecule has 1 aliphatic heterocycles. The summed E-state index contributed by atoms with van der Waals surface area (Å²) >= 11 is 0. The minimum atomic E-state index is -0.0521. The number of nitrogens with zero attached hydrogens (tertiary/aromatic N) is 2. The molecule has 1 fully saturated rings. The summed E-state index contributed by atoms with van der Waals surface area (Å²) in [7, 11) is 0. The number of ether oxygens (including phenoxy) is 1. The van der Waals surface area contributed by atoms with Crippen molar-refractivity contribution in [3.05, 3.63) is 35.4 Å². The Balaban J connectivity index is 0.00000450. The lowest BCUT2D eigenvalue weighted by Crippen LogP contribution is -2.50. The van der Waals surface area contributed by atoms with E-state index in [1.165, 1.54) is 0 Å². The van der Waals surface area contributed by atoms with Crippen LogP contribution >= 0.6 is 24.0 Å². The molecule has 2 rings (SSSR count). The van der Waals surface area contributed by atoms with Crippen LogP contribution in [-0.2, 0) is 11.3 Å². The topological polar surface area (TPSA) is 78.0 Å². The van der Waals surface area contributed by atoms with Gasteiger partial charge < -0.3 is 20.7 Å². The number of rotatable bonds is 9. The molecule has 8 heteroatoms. The van der Waals surface area contributed by atoms with E-state index in [1.54, 1.807) is 0 Å². The Kier molecular flexibility index (Phi) is 13.0. The smallest absolute Gasteiger partial charge is 0.251 e. The third kappa shape index (κ3) is 9.61. The molecule has 170 valence electrons. The van der Waals surface area contributed by atoms with Gasteiger partial charge in [0.25, 0.3) is 5.91 Å². The van der Waals surface area contributed by atoms with Crippen molar-refractivity contribution in [2.75, 3.05) is 45.9 Å². The number of amides is 1. The average Bonchev–Trinajstić information content (AvgIpc) is 2.70. The van der Waals surface area contributed by atoms with E-state index in [1.807, 2.05) is 38.1 Å². The summed E-state index contributed by atoms with van der Waals surface area (Å²) in [5.74, 6) is 1.38. The summed E-state index contributed by atoms with van der Waals surface area (Å²) in [5, 5.41) is 9.51. The van der Waals surface area contributed by atoms with Crippen LogP contribution < -0.4 is 16.0 Å². The van der Waals surface area contributed by atoms with Crippen LogP contribution in [0.4, 0.5) is 0 Å². The molecule has 1 aromatic rings. The van der Waals surface area contributed by atoms with Gasteiger partial charge >= 0.3 is 0 Å². The maximum atomic E-state index is 12.0. The molecule has 0 bridgehead atoms. The molecule has 1 heterocycles. The van der Waals surface area contributed by atoms with Crippen molar-refractivity contribution in [2.45, 2.75) is 40.3 Å². The van der Waals surface area contributed by atoms with E-state index >= 15 is 0 Å². The van der Waals surface area contributed by atoms with Crippen molar-refractivity contribution in [3.8, 4) is 0 Å². The van der Waals surface area contributed by atoms with Crippen molar-refractivity contribution < 1.29 is 9.53 Å². The molecular formula is C22H38IN5O2. The van der Waals surface area contributed by atoms with Crippen LogP contribution in [0.2, 0.25) is 0 Å². The molecule has 0 aliphatic carbocycles. The molecule has 0 saturated carbocycles. The Hall–Kier alpha value is -1.39. The van der Waals surface area contributed by atoms with Crippen molar-refractivity contribution in [3.63, 3.8) is 0 Å². The van der Waals surface area contributed by atoms with Crippen LogP contribution in [0.3, 0.4) is 0 Å². The van der Waals surface area contributed by atoms with Gasteiger partial charge in [-0.1, -0.05) is 26.0 Å². The number of nitrogens with one attached hydrogen (secondary N) is 3. The van der Waals surface area contributed by atoms with Gasteiger partial charge in [0, 0.05) is 44.8 Å². The molecule has 1 saturated heterocycles. The van der Waals surface area contributed by atoms with E-state index < -0.39 is 0 Å². The van der Waals surface area contributed by atoms with Crippen molar-refractivity contribution in [2.24, 2.45) is 10.9 Å². The first kappa shape index (κ1) is 26.6. The maximum Gasteiger partial charge on any atom is 0.251 e. The maximum absolute atomic E-state index is 12.0. The lowest BCUT2D eigenvalue weighted by Gasteiger charge is -2.34. The molecule has 3 N–H and O–H groups in total. The van der Waals surface area contributed by atoms with Crippen LogP contribution in [0, 0.1) is 5.92 Å². The quantitative estimate of drug-likeness (QED) is 0.259. The van der Waals surface area contributed by atoms with Crippen LogP contribution in [0.25, 0.3) is 0 Å². The number of benzene rings is 1. The lowest BCUT2D eigenvalue weighted by atomic mass is 10.1. The van der Waals surface area contributed by atoms with Crippen molar-refractivity contribution in [1.29, 1.82) is 0 Å². The molecule has 0 spiro atoms. The first-order valence-electron chi connectivity index (χ1n) is 10.7. The van der Waals surface area contributed by atoms with Gasteiger partial charge in [-0.25, -0.2) is 4.99 Å². The molecule has 1 aromatic carbocycles. The summed E-state index contributed by atoms with van der Waals surface area (Å²) in [6, 6.07) is 7.61. The number of guanidine groups is 1. The van der Waals surface area contributed by atoms with Crippen molar-refractivity contribution >= 4 is 35.8 Å². The number of carbonyl (C=O) groups excluding carboxylic acids is 1. The number of morpholine rings is 1.